The van der Waals surface area contributed by atoms with Crippen molar-refractivity contribution in [2.45, 2.75) is 26.7 Å². The van der Waals surface area contributed by atoms with Crippen LogP contribution in [0.25, 0.3) is 0 Å². The van der Waals surface area contributed by atoms with Gasteiger partial charge in [0.05, 0.1) is 0 Å². The summed E-state index contributed by atoms with van der Waals surface area (Å²) in [5, 5.41) is 2.80. The van der Waals surface area contributed by atoms with Crippen molar-refractivity contribution in [1.29, 1.82) is 0 Å². The first-order valence-corrected chi connectivity index (χ1v) is 5.26. The third-order valence-corrected chi connectivity index (χ3v) is 2.04. The predicted octanol–water partition coefficient (Wildman–Crippen LogP) is 3.29. The van der Waals surface area contributed by atoms with E-state index in [0.29, 0.717) is 0 Å². The van der Waals surface area contributed by atoms with E-state index in [4.69, 9.17) is 0 Å². The molecule has 0 saturated heterocycles. The summed E-state index contributed by atoms with van der Waals surface area (Å²) in [5.74, 6) is -0.0627. The largest absolute Gasteiger partial charge is 0.323 e. The predicted molar refractivity (Wildman–Crippen MR) is 63.9 cm³/mol. The number of allylic oxidation sites excluding steroid dienone is 1. The molecule has 0 spiro atoms. The lowest BCUT2D eigenvalue weighted by Gasteiger charge is -2.01. The first kappa shape index (κ1) is 11.5. The van der Waals surface area contributed by atoms with Crippen LogP contribution in [0.15, 0.2) is 36.4 Å². The molecule has 80 valence electrons. The van der Waals surface area contributed by atoms with Gasteiger partial charge in [0.15, 0.2) is 0 Å². The van der Waals surface area contributed by atoms with E-state index >= 15 is 0 Å². The van der Waals surface area contributed by atoms with E-state index in [-0.39, 0.29) is 5.91 Å². The van der Waals surface area contributed by atoms with E-state index in [9.17, 15) is 4.79 Å². The number of hydrogen-bond acceptors (Lipinski definition) is 1. The molecule has 1 amide bonds. The zero-order chi connectivity index (χ0) is 11.1. The Bertz CT molecular complexity index is 338. The molecule has 0 aliphatic rings. The second kappa shape index (κ2) is 6.02. The fourth-order valence-electron chi connectivity index (χ4n) is 1.18. The number of carbonyl (C=O) groups is 1. The number of aryl methyl sites for hydroxylation is 1. The lowest BCUT2D eigenvalue weighted by molar-refractivity contribution is -0.111. The molecule has 0 radical (unpaired) electrons. The monoisotopic (exact) mass is 203 g/mol. The minimum atomic E-state index is -0.0627. The van der Waals surface area contributed by atoms with Gasteiger partial charge in [0.1, 0.15) is 0 Å². The van der Waals surface area contributed by atoms with E-state index in [0.717, 1.165) is 18.5 Å². The Morgan fingerprint density at radius 2 is 2.00 bits per heavy atom. The summed E-state index contributed by atoms with van der Waals surface area (Å²) in [6, 6.07) is 7.76. The van der Waals surface area contributed by atoms with Crippen LogP contribution in [-0.2, 0) is 4.79 Å². The molecule has 0 atom stereocenters. The molecule has 2 heteroatoms. The van der Waals surface area contributed by atoms with Crippen molar-refractivity contribution in [2.75, 3.05) is 5.32 Å². The van der Waals surface area contributed by atoms with Crippen molar-refractivity contribution in [2.24, 2.45) is 0 Å². The zero-order valence-corrected chi connectivity index (χ0v) is 9.29. The third kappa shape index (κ3) is 4.45. The number of unbranched alkanes of at least 4 members (excludes halogenated alkanes) is 1. The highest BCUT2D eigenvalue weighted by Crippen LogP contribution is 2.08. The number of nitrogens with one attached hydrogen (secondary N) is 1. The van der Waals surface area contributed by atoms with Crippen LogP contribution in [0.2, 0.25) is 0 Å². The van der Waals surface area contributed by atoms with E-state index in [1.165, 1.54) is 5.56 Å². The van der Waals surface area contributed by atoms with Gasteiger partial charge in [-0.1, -0.05) is 37.1 Å². The molecule has 15 heavy (non-hydrogen) atoms. The second-order valence-electron chi connectivity index (χ2n) is 3.55. The van der Waals surface area contributed by atoms with Gasteiger partial charge in [-0.25, -0.2) is 0 Å². The molecule has 1 aromatic carbocycles. The lowest BCUT2D eigenvalue weighted by atomic mass is 10.2. The average Bonchev–Trinajstić information content (AvgIpc) is 2.22. The van der Waals surface area contributed by atoms with E-state index in [1.54, 1.807) is 6.08 Å². The number of hydrogen-bond donors (Lipinski definition) is 1. The van der Waals surface area contributed by atoms with Crippen molar-refractivity contribution < 1.29 is 4.79 Å². The summed E-state index contributed by atoms with van der Waals surface area (Å²) in [4.78, 5) is 11.4. The smallest absolute Gasteiger partial charge is 0.248 e. The van der Waals surface area contributed by atoms with Crippen LogP contribution in [0.3, 0.4) is 0 Å². The van der Waals surface area contributed by atoms with Gasteiger partial charge in [0.2, 0.25) is 5.91 Å². The normalized spacial score (nSPS) is 10.5. The van der Waals surface area contributed by atoms with Gasteiger partial charge >= 0.3 is 0 Å². The molecule has 0 aromatic heterocycles. The standard InChI is InChI=1S/C13H17NO/c1-3-4-5-6-13(15)14-12-9-7-11(2)8-10-12/h5-10H,3-4H2,1-2H3,(H,14,15)/b6-5+. The van der Waals surface area contributed by atoms with E-state index in [2.05, 4.69) is 12.2 Å². The number of carbonyl (C=O) groups excluding carboxylic acids is 1. The summed E-state index contributed by atoms with van der Waals surface area (Å²) in [6.45, 7) is 4.11. The Balaban J connectivity index is 2.48. The lowest BCUT2D eigenvalue weighted by Crippen LogP contribution is -2.07. The molecule has 0 aliphatic heterocycles. The van der Waals surface area contributed by atoms with Crippen LogP contribution in [-0.4, -0.2) is 5.91 Å². The molecule has 1 aromatic rings. The third-order valence-electron chi connectivity index (χ3n) is 2.04. The van der Waals surface area contributed by atoms with Gasteiger partial charge in [-0.15, -0.1) is 0 Å². The Morgan fingerprint density at radius 1 is 1.33 bits per heavy atom. The Kier molecular flexibility index (Phi) is 4.61. The number of benzene rings is 1. The van der Waals surface area contributed by atoms with Crippen LogP contribution < -0.4 is 5.32 Å². The quantitative estimate of drug-likeness (QED) is 0.747. The molecule has 0 heterocycles. The molecule has 1 rings (SSSR count). The first-order chi connectivity index (χ1) is 7.22. The highest BCUT2D eigenvalue weighted by Gasteiger charge is 1.95. The molecule has 0 aliphatic carbocycles. The molecule has 2 nitrogen and oxygen atoms in total. The average molecular weight is 203 g/mol. The molecule has 0 fully saturated rings. The Labute approximate surface area is 91.0 Å². The summed E-state index contributed by atoms with van der Waals surface area (Å²) < 4.78 is 0. The maximum Gasteiger partial charge on any atom is 0.248 e. The Hall–Kier alpha value is -1.57. The Morgan fingerprint density at radius 3 is 2.60 bits per heavy atom. The van der Waals surface area contributed by atoms with Crippen molar-refractivity contribution in [3.8, 4) is 0 Å². The van der Waals surface area contributed by atoms with Crippen LogP contribution in [0.1, 0.15) is 25.3 Å². The number of anilines is 1. The van der Waals surface area contributed by atoms with Gasteiger partial charge in [0, 0.05) is 5.69 Å². The fraction of sp³-hybridized carbons (Fsp3) is 0.308. The van der Waals surface area contributed by atoms with Crippen molar-refractivity contribution in [1.82, 2.24) is 0 Å². The van der Waals surface area contributed by atoms with Crippen molar-refractivity contribution in [3.63, 3.8) is 0 Å². The first-order valence-electron chi connectivity index (χ1n) is 5.26. The van der Waals surface area contributed by atoms with Gasteiger partial charge in [-0.05, 0) is 31.6 Å². The molecular weight excluding hydrogens is 186 g/mol. The highest BCUT2D eigenvalue weighted by molar-refractivity contribution is 5.99. The number of rotatable bonds is 4. The van der Waals surface area contributed by atoms with Crippen LogP contribution in [0, 0.1) is 6.92 Å². The second-order valence-corrected chi connectivity index (χ2v) is 3.55. The van der Waals surface area contributed by atoms with Gasteiger partial charge in [-0.3, -0.25) is 4.79 Å². The summed E-state index contributed by atoms with van der Waals surface area (Å²) in [6.07, 6.45) is 5.49. The van der Waals surface area contributed by atoms with Gasteiger partial charge < -0.3 is 5.32 Å². The number of amides is 1. The SMILES string of the molecule is CCC/C=C/C(=O)Nc1ccc(C)cc1. The minimum absolute atomic E-state index is 0.0627. The fourth-order valence-corrected chi connectivity index (χ4v) is 1.18. The van der Waals surface area contributed by atoms with Crippen molar-refractivity contribution in [3.05, 3.63) is 42.0 Å². The maximum atomic E-state index is 11.4. The van der Waals surface area contributed by atoms with Crippen LogP contribution >= 0.6 is 0 Å². The molecule has 0 unspecified atom stereocenters. The summed E-state index contributed by atoms with van der Waals surface area (Å²) >= 11 is 0. The van der Waals surface area contributed by atoms with Gasteiger partial charge in [0.25, 0.3) is 0 Å². The van der Waals surface area contributed by atoms with Crippen molar-refractivity contribution >= 4 is 11.6 Å². The highest BCUT2D eigenvalue weighted by atomic mass is 16.1. The van der Waals surface area contributed by atoms with E-state index < -0.39 is 0 Å². The molecule has 0 saturated carbocycles. The van der Waals surface area contributed by atoms with Crippen LogP contribution in [0.4, 0.5) is 5.69 Å². The zero-order valence-electron chi connectivity index (χ0n) is 9.29. The molecular formula is C13H17NO. The maximum absolute atomic E-state index is 11.4. The summed E-state index contributed by atoms with van der Waals surface area (Å²) in [7, 11) is 0. The molecule has 0 bridgehead atoms. The summed E-state index contributed by atoms with van der Waals surface area (Å²) in [5.41, 5.74) is 2.03. The van der Waals surface area contributed by atoms with E-state index in [1.807, 2.05) is 37.3 Å². The minimum Gasteiger partial charge on any atom is -0.323 e. The van der Waals surface area contributed by atoms with Gasteiger partial charge in [-0.2, -0.15) is 0 Å². The van der Waals surface area contributed by atoms with Crippen LogP contribution in [0.5, 0.6) is 0 Å². The molecule has 1 N–H and O–H groups in total. The topological polar surface area (TPSA) is 29.1 Å².